The molecule has 7 heteroatoms. The van der Waals surface area contributed by atoms with E-state index in [0.29, 0.717) is 25.8 Å². The Bertz CT molecular complexity index is 1370. The average Bonchev–Trinajstić information content (AvgIpc) is 3.35. The van der Waals surface area contributed by atoms with Crippen molar-refractivity contribution in [2.45, 2.75) is 44.6 Å². The van der Waals surface area contributed by atoms with Crippen molar-refractivity contribution < 1.29 is 19.5 Å². The Morgan fingerprint density at radius 3 is 2.13 bits per heavy atom. The topological polar surface area (TPSA) is 111 Å². The van der Waals surface area contributed by atoms with Gasteiger partial charge in [-0.2, -0.15) is 0 Å². The fourth-order valence-electron chi connectivity index (χ4n) is 4.85. The molecule has 0 aliphatic carbocycles. The van der Waals surface area contributed by atoms with E-state index in [9.17, 15) is 19.5 Å². The predicted octanol–water partition coefficient (Wildman–Crippen LogP) is 4.67. The lowest BCUT2D eigenvalue weighted by Gasteiger charge is -2.22. The number of amides is 2. The molecule has 0 fully saturated rings. The van der Waals surface area contributed by atoms with Gasteiger partial charge >= 0.3 is 5.97 Å². The molecule has 0 radical (unpaired) electrons. The maximum Gasteiger partial charge on any atom is 0.304 e. The number of aromatic nitrogens is 1. The SMILES string of the molecule is O=C(O)CC(CCCc1ccccc1)C(=O)NC(Cc1c[nH]c2ccccc12)C(=O)NCCc1ccccc1. The number of hydrogen-bond acceptors (Lipinski definition) is 3. The third-order valence-corrected chi connectivity index (χ3v) is 6.94. The molecule has 2 amide bonds. The minimum Gasteiger partial charge on any atom is -0.481 e. The Labute approximate surface area is 228 Å². The smallest absolute Gasteiger partial charge is 0.304 e. The summed E-state index contributed by atoms with van der Waals surface area (Å²) in [6.45, 7) is 0.429. The molecule has 0 aliphatic rings. The minimum atomic E-state index is -1.03. The maximum atomic E-state index is 13.4. The molecule has 4 N–H and O–H groups in total. The molecular formula is C32H35N3O4. The molecule has 0 aliphatic heterocycles. The predicted molar refractivity (Wildman–Crippen MR) is 152 cm³/mol. The highest BCUT2D eigenvalue weighted by molar-refractivity contribution is 5.91. The summed E-state index contributed by atoms with van der Waals surface area (Å²) in [4.78, 5) is 41.5. The molecule has 0 saturated carbocycles. The van der Waals surface area contributed by atoms with Crippen molar-refractivity contribution in [2.75, 3.05) is 6.54 Å². The van der Waals surface area contributed by atoms with Crippen LogP contribution in [-0.4, -0.2) is 40.5 Å². The van der Waals surface area contributed by atoms with Gasteiger partial charge in [-0.3, -0.25) is 14.4 Å². The number of aryl methyl sites for hydroxylation is 1. The molecule has 202 valence electrons. The van der Waals surface area contributed by atoms with Crippen LogP contribution in [0.4, 0.5) is 0 Å². The van der Waals surface area contributed by atoms with Crippen LogP contribution in [0.15, 0.2) is 91.1 Å². The summed E-state index contributed by atoms with van der Waals surface area (Å²) < 4.78 is 0. The Kier molecular flexibility index (Phi) is 9.89. The standard InChI is InChI=1S/C32H35N3O4/c36-30(37)21-25(15-9-14-23-10-3-1-4-11-23)31(38)35-29(20-26-22-34-28-17-8-7-16-27(26)28)32(39)33-19-18-24-12-5-2-6-13-24/h1-8,10-13,16-17,22,25,29,34H,9,14-15,18-21H2,(H,33,39)(H,35,38)(H,36,37). The first kappa shape index (κ1) is 27.6. The number of aromatic amines is 1. The second kappa shape index (κ2) is 14.0. The quantitative estimate of drug-likeness (QED) is 0.192. The number of aliphatic carboxylic acids is 1. The first-order chi connectivity index (χ1) is 19.0. The van der Waals surface area contributed by atoms with Crippen molar-refractivity contribution in [1.29, 1.82) is 0 Å². The number of carbonyl (C=O) groups excluding carboxylic acids is 2. The summed E-state index contributed by atoms with van der Waals surface area (Å²) in [5.74, 6) is -2.46. The number of H-pyrrole nitrogens is 1. The number of nitrogens with one attached hydrogen (secondary N) is 3. The number of fused-ring (bicyclic) bond motifs is 1. The molecule has 4 rings (SSSR count). The van der Waals surface area contributed by atoms with Crippen molar-refractivity contribution >= 4 is 28.7 Å². The molecule has 2 atom stereocenters. The molecule has 4 aromatic rings. The van der Waals surface area contributed by atoms with Crippen molar-refractivity contribution in [3.8, 4) is 0 Å². The Morgan fingerprint density at radius 2 is 1.44 bits per heavy atom. The number of carbonyl (C=O) groups is 3. The number of carboxylic acid groups (broad SMARTS) is 1. The number of hydrogen-bond donors (Lipinski definition) is 4. The van der Waals surface area contributed by atoms with E-state index in [2.05, 4.69) is 15.6 Å². The maximum absolute atomic E-state index is 13.4. The molecule has 7 nitrogen and oxygen atoms in total. The molecule has 0 bridgehead atoms. The zero-order chi connectivity index (χ0) is 27.5. The van der Waals surface area contributed by atoms with Gasteiger partial charge in [0, 0.05) is 36.0 Å². The van der Waals surface area contributed by atoms with Gasteiger partial charge in [0.05, 0.1) is 6.42 Å². The van der Waals surface area contributed by atoms with E-state index < -0.39 is 23.8 Å². The summed E-state index contributed by atoms with van der Waals surface area (Å²) in [6, 6.07) is 26.7. The summed E-state index contributed by atoms with van der Waals surface area (Å²) in [5.41, 5.74) is 4.11. The van der Waals surface area contributed by atoms with E-state index >= 15 is 0 Å². The van der Waals surface area contributed by atoms with Gasteiger partial charge in [-0.1, -0.05) is 78.9 Å². The molecule has 0 spiro atoms. The monoisotopic (exact) mass is 525 g/mol. The molecule has 2 unspecified atom stereocenters. The molecular weight excluding hydrogens is 490 g/mol. The number of para-hydroxylation sites is 1. The first-order valence-corrected chi connectivity index (χ1v) is 13.4. The van der Waals surface area contributed by atoms with Crippen molar-refractivity contribution in [3.05, 3.63) is 108 Å². The van der Waals surface area contributed by atoms with Gasteiger partial charge in [0.25, 0.3) is 0 Å². The number of rotatable bonds is 14. The van der Waals surface area contributed by atoms with Gasteiger partial charge in [-0.15, -0.1) is 0 Å². The largest absolute Gasteiger partial charge is 0.481 e. The Hall–Kier alpha value is -4.39. The average molecular weight is 526 g/mol. The third-order valence-electron chi connectivity index (χ3n) is 6.94. The molecule has 0 saturated heterocycles. The lowest BCUT2D eigenvalue weighted by atomic mass is 9.94. The summed E-state index contributed by atoms with van der Waals surface area (Å²) in [7, 11) is 0. The minimum absolute atomic E-state index is 0.282. The summed E-state index contributed by atoms with van der Waals surface area (Å²) in [5, 5.41) is 16.3. The van der Waals surface area contributed by atoms with Crippen LogP contribution in [0.3, 0.4) is 0 Å². The lowest BCUT2D eigenvalue weighted by Crippen LogP contribution is -2.50. The highest BCUT2D eigenvalue weighted by atomic mass is 16.4. The van der Waals surface area contributed by atoms with Crippen molar-refractivity contribution in [3.63, 3.8) is 0 Å². The highest BCUT2D eigenvalue weighted by Crippen LogP contribution is 2.20. The van der Waals surface area contributed by atoms with Gasteiger partial charge in [0.2, 0.25) is 11.8 Å². The van der Waals surface area contributed by atoms with E-state index in [-0.39, 0.29) is 18.7 Å². The van der Waals surface area contributed by atoms with Crippen LogP contribution in [0.1, 0.15) is 36.0 Å². The second-order valence-corrected chi connectivity index (χ2v) is 9.82. The second-order valence-electron chi connectivity index (χ2n) is 9.82. The van der Waals surface area contributed by atoms with Crippen LogP contribution in [-0.2, 0) is 33.6 Å². The third kappa shape index (κ3) is 8.30. The van der Waals surface area contributed by atoms with Crippen LogP contribution in [0.5, 0.6) is 0 Å². The van der Waals surface area contributed by atoms with Gasteiger partial charge in [0.1, 0.15) is 6.04 Å². The van der Waals surface area contributed by atoms with Crippen molar-refractivity contribution in [2.24, 2.45) is 5.92 Å². The van der Waals surface area contributed by atoms with Gasteiger partial charge in [0.15, 0.2) is 0 Å². The molecule has 1 heterocycles. The van der Waals surface area contributed by atoms with E-state index in [1.165, 1.54) is 0 Å². The normalized spacial score (nSPS) is 12.5. The van der Waals surface area contributed by atoms with Crippen LogP contribution in [0.25, 0.3) is 10.9 Å². The van der Waals surface area contributed by atoms with E-state index in [1.807, 2.05) is 91.1 Å². The van der Waals surface area contributed by atoms with Crippen LogP contribution in [0.2, 0.25) is 0 Å². The first-order valence-electron chi connectivity index (χ1n) is 13.4. The Balaban J connectivity index is 1.45. The molecule has 1 aromatic heterocycles. The van der Waals surface area contributed by atoms with E-state index in [4.69, 9.17) is 0 Å². The van der Waals surface area contributed by atoms with E-state index in [0.717, 1.165) is 34.0 Å². The lowest BCUT2D eigenvalue weighted by molar-refractivity contribution is -0.141. The van der Waals surface area contributed by atoms with E-state index in [1.54, 1.807) is 0 Å². The number of benzene rings is 3. The fraction of sp³-hybridized carbons (Fsp3) is 0.281. The van der Waals surface area contributed by atoms with Crippen LogP contribution < -0.4 is 10.6 Å². The van der Waals surface area contributed by atoms with Crippen LogP contribution >= 0.6 is 0 Å². The van der Waals surface area contributed by atoms with Gasteiger partial charge < -0.3 is 20.7 Å². The van der Waals surface area contributed by atoms with Crippen LogP contribution in [0, 0.1) is 5.92 Å². The molecule has 39 heavy (non-hydrogen) atoms. The summed E-state index contributed by atoms with van der Waals surface area (Å²) in [6.07, 6.45) is 4.38. The highest BCUT2D eigenvalue weighted by Gasteiger charge is 2.28. The number of carboxylic acids is 1. The zero-order valence-corrected chi connectivity index (χ0v) is 21.9. The zero-order valence-electron chi connectivity index (χ0n) is 21.9. The van der Waals surface area contributed by atoms with Gasteiger partial charge in [-0.05, 0) is 48.4 Å². The Morgan fingerprint density at radius 1 is 0.795 bits per heavy atom. The summed E-state index contributed by atoms with van der Waals surface area (Å²) >= 11 is 0. The van der Waals surface area contributed by atoms with Gasteiger partial charge in [-0.25, -0.2) is 0 Å². The fourth-order valence-corrected chi connectivity index (χ4v) is 4.85. The molecule has 3 aromatic carbocycles. The van der Waals surface area contributed by atoms with Crippen molar-refractivity contribution in [1.82, 2.24) is 15.6 Å².